The smallest absolute Gasteiger partial charge is 0.278 e. The predicted octanol–water partition coefficient (Wildman–Crippen LogP) is 3.06. The standard InChI is InChI=1S/C17H16N4O4/c1-11(2)10-25-16-14-9-13(21(23)24)3-4-15(14)20(19-16)17(22)12-5-7-18-8-6-12/h3-9,11H,10H2,1-2H3. The van der Waals surface area contributed by atoms with Crippen LogP contribution in [0.15, 0.2) is 42.7 Å². The van der Waals surface area contributed by atoms with Crippen LogP contribution in [0.25, 0.3) is 10.9 Å². The first kappa shape index (κ1) is 16.6. The molecule has 0 unspecified atom stereocenters. The van der Waals surface area contributed by atoms with Gasteiger partial charge in [0.2, 0.25) is 5.88 Å². The van der Waals surface area contributed by atoms with E-state index in [0.29, 0.717) is 23.1 Å². The van der Waals surface area contributed by atoms with E-state index in [9.17, 15) is 14.9 Å². The van der Waals surface area contributed by atoms with Crippen molar-refractivity contribution in [1.82, 2.24) is 14.8 Å². The van der Waals surface area contributed by atoms with Crippen molar-refractivity contribution in [3.05, 3.63) is 58.4 Å². The molecular formula is C17H16N4O4. The van der Waals surface area contributed by atoms with Crippen molar-refractivity contribution < 1.29 is 14.5 Å². The largest absolute Gasteiger partial charge is 0.476 e. The number of nitro groups is 1. The number of carbonyl (C=O) groups excluding carboxylic acids is 1. The molecule has 3 rings (SSSR count). The summed E-state index contributed by atoms with van der Waals surface area (Å²) in [7, 11) is 0. The molecule has 0 saturated heterocycles. The molecule has 2 heterocycles. The average molecular weight is 340 g/mol. The number of aromatic nitrogens is 3. The molecule has 0 aliphatic rings. The van der Waals surface area contributed by atoms with Gasteiger partial charge >= 0.3 is 0 Å². The van der Waals surface area contributed by atoms with Gasteiger partial charge in [-0.1, -0.05) is 13.8 Å². The Morgan fingerprint density at radius 2 is 2.00 bits per heavy atom. The zero-order valence-corrected chi connectivity index (χ0v) is 13.7. The highest BCUT2D eigenvalue weighted by molar-refractivity contribution is 6.02. The number of non-ortho nitro benzene ring substituents is 1. The Hall–Kier alpha value is -3.29. The number of ether oxygens (including phenoxy) is 1. The molecule has 8 heteroatoms. The number of carbonyl (C=O) groups is 1. The first-order chi connectivity index (χ1) is 12.0. The first-order valence-corrected chi connectivity index (χ1v) is 7.72. The lowest BCUT2D eigenvalue weighted by Crippen LogP contribution is -2.14. The lowest BCUT2D eigenvalue weighted by molar-refractivity contribution is -0.384. The van der Waals surface area contributed by atoms with Crippen molar-refractivity contribution in [2.45, 2.75) is 13.8 Å². The third kappa shape index (κ3) is 3.32. The highest BCUT2D eigenvalue weighted by Gasteiger charge is 2.20. The molecular weight excluding hydrogens is 324 g/mol. The maximum Gasteiger partial charge on any atom is 0.278 e. The minimum absolute atomic E-state index is 0.0854. The van der Waals surface area contributed by atoms with Gasteiger partial charge in [0.05, 0.1) is 22.4 Å². The van der Waals surface area contributed by atoms with Crippen LogP contribution in [0.1, 0.15) is 24.2 Å². The van der Waals surface area contributed by atoms with Crippen LogP contribution in [-0.2, 0) is 0 Å². The van der Waals surface area contributed by atoms with Gasteiger partial charge < -0.3 is 4.74 Å². The number of benzene rings is 1. The lowest BCUT2D eigenvalue weighted by atomic mass is 10.2. The molecule has 2 aromatic heterocycles. The highest BCUT2D eigenvalue weighted by atomic mass is 16.6. The molecule has 0 aliphatic heterocycles. The second kappa shape index (κ2) is 6.68. The Labute approximate surface area is 143 Å². The van der Waals surface area contributed by atoms with E-state index in [2.05, 4.69) is 10.1 Å². The van der Waals surface area contributed by atoms with Crippen molar-refractivity contribution >= 4 is 22.5 Å². The predicted molar refractivity (Wildman–Crippen MR) is 90.7 cm³/mol. The number of rotatable bonds is 5. The van der Waals surface area contributed by atoms with Gasteiger partial charge in [0.25, 0.3) is 11.6 Å². The van der Waals surface area contributed by atoms with Gasteiger partial charge in [0.1, 0.15) is 0 Å². The SMILES string of the molecule is CC(C)COc1nn(C(=O)c2ccncc2)c2ccc([N+](=O)[O-])cc12. The normalized spacial score (nSPS) is 11.0. The van der Waals surface area contributed by atoms with Gasteiger partial charge in [-0.25, -0.2) is 0 Å². The molecule has 0 atom stereocenters. The van der Waals surface area contributed by atoms with E-state index in [4.69, 9.17) is 4.74 Å². The van der Waals surface area contributed by atoms with Crippen LogP contribution in [0.4, 0.5) is 5.69 Å². The molecule has 0 spiro atoms. The van der Waals surface area contributed by atoms with E-state index < -0.39 is 4.92 Å². The third-order valence-electron chi connectivity index (χ3n) is 3.51. The van der Waals surface area contributed by atoms with Crippen LogP contribution in [0.3, 0.4) is 0 Å². The van der Waals surface area contributed by atoms with Crippen molar-refractivity contribution in [2.24, 2.45) is 5.92 Å². The Morgan fingerprint density at radius 1 is 1.28 bits per heavy atom. The molecule has 8 nitrogen and oxygen atoms in total. The molecule has 0 saturated carbocycles. The van der Waals surface area contributed by atoms with Crippen molar-refractivity contribution in [1.29, 1.82) is 0 Å². The highest BCUT2D eigenvalue weighted by Crippen LogP contribution is 2.29. The van der Waals surface area contributed by atoms with Gasteiger partial charge in [-0.05, 0) is 24.1 Å². The van der Waals surface area contributed by atoms with Gasteiger partial charge in [0.15, 0.2) is 0 Å². The van der Waals surface area contributed by atoms with Crippen molar-refractivity contribution in [3.8, 4) is 5.88 Å². The summed E-state index contributed by atoms with van der Waals surface area (Å²) in [5.41, 5.74) is 0.775. The summed E-state index contributed by atoms with van der Waals surface area (Å²) in [5, 5.41) is 15.7. The number of nitrogens with zero attached hydrogens (tertiary/aromatic N) is 4. The summed E-state index contributed by atoms with van der Waals surface area (Å²) >= 11 is 0. The van der Waals surface area contributed by atoms with Crippen LogP contribution in [0.2, 0.25) is 0 Å². The first-order valence-electron chi connectivity index (χ1n) is 7.72. The molecule has 0 aliphatic carbocycles. The molecule has 3 aromatic rings. The fourth-order valence-corrected chi connectivity index (χ4v) is 2.32. The molecule has 0 bridgehead atoms. The Kier molecular flexibility index (Phi) is 4.42. The molecule has 0 fully saturated rings. The molecule has 128 valence electrons. The molecule has 25 heavy (non-hydrogen) atoms. The maximum atomic E-state index is 12.7. The Balaban J connectivity index is 2.12. The zero-order valence-electron chi connectivity index (χ0n) is 13.7. The average Bonchev–Trinajstić information content (AvgIpc) is 2.98. The Morgan fingerprint density at radius 3 is 2.64 bits per heavy atom. The topological polar surface area (TPSA) is 100 Å². The summed E-state index contributed by atoms with van der Waals surface area (Å²) in [6.07, 6.45) is 3.03. The fourth-order valence-electron chi connectivity index (χ4n) is 2.32. The maximum absolute atomic E-state index is 12.7. The zero-order chi connectivity index (χ0) is 18.0. The number of hydrogen-bond acceptors (Lipinski definition) is 6. The molecule has 1 aromatic carbocycles. The monoisotopic (exact) mass is 340 g/mol. The third-order valence-corrected chi connectivity index (χ3v) is 3.51. The second-order valence-electron chi connectivity index (χ2n) is 5.92. The number of hydrogen-bond donors (Lipinski definition) is 0. The van der Waals surface area contributed by atoms with E-state index in [1.807, 2.05) is 13.8 Å². The second-order valence-corrected chi connectivity index (χ2v) is 5.92. The van der Waals surface area contributed by atoms with Crippen LogP contribution in [0, 0.1) is 16.0 Å². The van der Waals surface area contributed by atoms with Gasteiger partial charge in [-0.15, -0.1) is 5.10 Å². The van der Waals surface area contributed by atoms with E-state index in [0.717, 1.165) is 0 Å². The minimum atomic E-state index is -0.492. The van der Waals surface area contributed by atoms with Crippen LogP contribution in [-0.4, -0.2) is 32.2 Å². The summed E-state index contributed by atoms with van der Waals surface area (Å²) < 4.78 is 6.86. The van der Waals surface area contributed by atoms with Gasteiger partial charge in [-0.3, -0.25) is 19.9 Å². The van der Waals surface area contributed by atoms with E-state index in [1.54, 1.807) is 12.1 Å². The minimum Gasteiger partial charge on any atom is -0.476 e. The van der Waals surface area contributed by atoms with Crippen LogP contribution in [0.5, 0.6) is 5.88 Å². The Bertz CT molecular complexity index is 934. The van der Waals surface area contributed by atoms with Gasteiger partial charge in [0, 0.05) is 30.1 Å². The summed E-state index contributed by atoms with van der Waals surface area (Å²) in [5.74, 6) is 0.0882. The summed E-state index contributed by atoms with van der Waals surface area (Å²) in [6.45, 7) is 4.34. The van der Waals surface area contributed by atoms with E-state index >= 15 is 0 Å². The van der Waals surface area contributed by atoms with Crippen LogP contribution >= 0.6 is 0 Å². The lowest BCUT2D eigenvalue weighted by Gasteiger charge is -2.05. The van der Waals surface area contributed by atoms with Gasteiger partial charge in [-0.2, -0.15) is 4.68 Å². The quantitative estimate of drug-likeness (QED) is 0.523. The molecule has 0 amide bonds. The summed E-state index contributed by atoms with van der Waals surface area (Å²) in [6, 6.07) is 7.37. The molecule has 0 N–H and O–H groups in total. The number of nitro benzene ring substituents is 1. The molecule has 0 radical (unpaired) electrons. The summed E-state index contributed by atoms with van der Waals surface area (Å²) in [4.78, 5) is 27.2. The van der Waals surface area contributed by atoms with Crippen LogP contribution < -0.4 is 4.74 Å². The fraction of sp³-hybridized carbons (Fsp3) is 0.235. The number of pyridine rings is 1. The van der Waals surface area contributed by atoms with Crippen molar-refractivity contribution in [3.63, 3.8) is 0 Å². The number of fused-ring (bicyclic) bond motifs is 1. The van der Waals surface area contributed by atoms with Crippen molar-refractivity contribution in [2.75, 3.05) is 6.61 Å². The van der Waals surface area contributed by atoms with E-state index in [1.165, 1.54) is 35.3 Å². The van der Waals surface area contributed by atoms with E-state index in [-0.39, 0.29) is 23.4 Å².